The molecule has 1 unspecified atom stereocenters. The summed E-state index contributed by atoms with van der Waals surface area (Å²) in [5.74, 6) is -0.329. The molecule has 11 heavy (non-hydrogen) atoms. The van der Waals surface area contributed by atoms with Crippen LogP contribution >= 0.6 is 23.1 Å². The summed E-state index contributed by atoms with van der Waals surface area (Å²) in [4.78, 5) is 10.6. The Morgan fingerprint density at radius 3 is 3.09 bits per heavy atom. The van der Waals surface area contributed by atoms with E-state index < -0.39 is 0 Å². The van der Waals surface area contributed by atoms with Gasteiger partial charge in [0.15, 0.2) is 4.34 Å². The molecule has 1 aromatic heterocycles. The molecule has 0 saturated carbocycles. The van der Waals surface area contributed by atoms with Gasteiger partial charge in [-0.2, -0.15) is 0 Å². The Morgan fingerprint density at radius 2 is 2.64 bits per heavy atom. The van der Waals surface area contributed by atoms with Crippen LogP contribution in [0.3, 0.4) is 0 Å². The van der Waals surface area contributed by atoms with Crippen molar-refractivity contribution >= 4 is 29.0 Å². The van der Waals surface area contributed by atoms with Crippen molar-refractivity contribution in [3.8, 4) is 0 Å². The van der Waals surface area contributed by atoms with E-state index in [-0.39, 0.29) is 11.2 Å². The topological polar surface area (TPSA) is 68.9 Å². The zero-order valence-electron chi connectivity index (χ0n) is 5.85. The lowest BCUT2D eigenvalue weighted by Crippen LogP contribution is -2.22. The molecule has 4 nitrogen and oxygen atoms in total. The van der Waals surface area contributed by atoms with E-state index in [1.807, 2.05) is 0 Å². The molecule has 1 atom stereocenters. The first-order valence-corrected chi connectivity index (χ1v) is 4.68. The molecule has 0 aliphatic carbocycles. The van der Waals surface area contributed by atoms with Gasteiger partial charge >= 0.3 is 0 Å². The van der Waals surface area contributed by atoms with Crippen molar-refractivity contribution in [1.29, 1.82) is 0 Å². The molecule has 0 spiro atoms. The third kappa shape index (κ3) is 2.47. The Bertz CT molecular complexity index is 236. The highest BCUT2D eigenvalue weighted by Crippen LogP contribution is 2.23. The van der Waals surface area contributed by atoms with E-state index in [4.69, 9.17) is 5.73 Å². The predicted molar refractivity (Wildman–Crippen MR) is 44.4 cm³/mol. The van der Waals surface area contributed by atoms with Gasteiger partial charge in [0.2, 0.25) is 5.91 Å². The van der Waals surface area contributed by atoms with Crippen LogP contribution in [-0.4, -0.2) is 21.4 Å². The van der Waals surface area contributed by atoms with Crippen molar-refractivity contribution in [1.82, 2.24) is 10.2 Å². The number of rotatable bonds is 3. The second-order valence-corrected chi connectivity index (χ2v) is 4.29. The number of hydrogen-bond donors (Lipinski definition) is 1. The first kappa shape index (κ1) is 8.48. The van der Waals surface area contributed by atoms with Crippen molar-refractivity contribution in [3.63, 3.8) is 0 Å². The molecule has 0 aliphatic rings. The van der Waals surface area contributed by atoms with Crippen LogP contribution in [0, 0.1) is 0 Å². The zero-order chi connectivity index (χ0) is 8.27. The first-order chi connectivity index (χ1) is 5.20. The Hall–Kier alpha value is -0.620. The van der Waals surface area contributed by atoms with Crippen LogP contribution in [0.4, 0.5) is 0 Å². The van der Waals surface area contributed by atoms with Crippen molar-refractivity contribution in [3.05, 3.63) is 5.51 Å². The smallest absolute Gasteiger partial charge is 0.230 e. The van der Waals surface area contributed by atoms with E-state index in [1.165, 1.54) is 23.1 Å². The van der Waals surface area contributed by atoms with Gasteiger partial charge in [-0.3, -0.25) is 4.79 Å². The van der Waals surface area contributed by atoms with E-state index in [9.17, 15) is 4.79 Å². The molecule has 0 aromatic carbocycles. The van der Waals surface area contributed by atoms with E-state index in [2.05, 4.69) is 10.2 Å². The number of primary amides is 1. The van der Waals surface area contributed by atoms with Crippen LogP contribution in [0.2, 0.25) is 0 Å². The van der Waals surface area contributed by atoms with Gasteiger partial charge in [0.1, 0.15) is 5.51 Å². The highest BCUT2D eigenvalue weighted by atomic mass is 32.2. The summed E-state index contributed by atoms with van der Waals surface area (Å²) in [5, 5.41) is 7.16. The number of carbonyl (C=O) groups is 1. The van der Waals surface area contributed by atoms with Gasteiger partial charge < -0.3 is 5.73 Å². The van der Waals surface area contributed by atoms with Crippen molar-refractivity contribution < 1.29 is 4.79 Å². The van der Waals surface area contributed by atoms with Crippen molar-refractivity contribution in [2.75, 3.05) is 0 Å². The molecule has 1 rings (SSSR count). The maximum Gasteiger partial charge on any atom is 0.230 e. The Labute approximate surface area is 72.2 Å². The van der Waals surface area contributed by atoms with Crippen LogP contribution in [0.15, 0.2) is 9.85 Å². The molecule has 6 heteroatoms. The summed E-state index contributed by atoms with van der Waals surface area (Å²) in [6.07, 6.45) is 0. The molecule has 0 bridgehead atoms. The van der Waals surface area contributed by atoms with Crippen LogP contribution in [0.25, 0.3) is 0 Å². The lowest BCUT2D eigenvalue weighted by Gasteiger charge is -2.00. The number of nitrogens with two attached hydrogens (primary N) is 1. The van der Waals surface area contributed by atoms with Crippen LogP contribution in [0.5, 0.6) is 0 Å². The normalized spacial score (nSPS) is 12.8. The van der Waals surface area contributed by atoms with Gasteiger partial charge in [0.25, 0.3) is 0 Å². The Morgan fingerprint density at radius 1 is 1.91 bits per heavy atom. The third-order valence-electron chi connectivity index (χ3n) is 1.02. The molecular formula is C5H7N3OS2. The molecule has 0 fully saturated rings. The van der Waals surface area contributed by atoms with Gasteiger partial charge in [-0.05, 0) is 6.92 Å². The van der Waals surface area contributed by atoms with E-state index in [1.54, 1.807) is 12.4 Å². The second kappa shape index (κ2) is 3.68. The number of hydrogen-bond acceptors (Lipinski definition) is 5. The predicted octanol–water partition coefficient (Wildman–Crippen LogP) is 0.504. The molecule has 0 radical (unpaired) electrons. The number of amides is 1. The first-order valence-electron chi connectivity index (χ1n) is 2.92. The number of nitrogens with zero attached hydrogens (tertiary/aromatic N) is 2. The van der Waals surface area contributed by atoms with E-state index >= 15 is 0 Å². The molecule has 0 saturated heterocycles. The summed E-state index contributed by atoms with van der Waals surface area (Å²) >= 11 is 2.73. The minimum Gasteiger partial charge on any atom is -0.369 e. The summed E-state index contributed by atoms with van der Waals surface area (Å²) in [7, 11) is 0. The summed E-state index contributed by atoms with van der Waals surface area (Å²) < 4.78 is 0.774. The number of thioether (sulfide) groups is 1. The Balaban J connectivity index is 2.50. The SMILES string of the molecule is CC(Sc1nncs1)C(N)=O. The maximum atomic E-state index is 10.6. The quantitative estimate of drug-likeness (QED) is 0.703. The summed E-state index contributed by atoms with van der Waals surface area (Å²) in [6, 6.07) is 0. The average molecular weight is 189 g/mol. The molecule has 1 heterocycles. The van der Waals surface area contributed by atoms with E-state index in [0.717, 1.165) is 4.34 Å². The molecule has 1 amide bonds. The number of aromatic nitrogens is 2. The summed E-state index contributed by atoms with van der Waals surface area (Å²) in [5.41, 5.74) is 6.67. The van der Waals surface area contributed by atoms with Gasteiger partial charge in [-0.25, -0.2) is 0 Å². The van der Waals surface area contributed by atoms with Crippen LogP contribution < -0.4 is 5.73 Å². The summed E-state index contributed by atoms with van der Waals surface area (Å²) in [6.45, 7) is 1.74. The zero-order valence-corrected chi connectivity index (χ0v) is 7.48. The van der Waals surface area contributed by atoms with Gasteiger partial charge in [0.05, 0.1) is 5.25 Å². The molecule has 60 valence electrons. The van der Waals surface area contributed by atoms with Crippen LogP contribution in [-0.2, 0) is 4.79 Å². The highest BCUT2D eigenvalue weighted by molar-refractivity contribution is 8.02. The highest BCUT2D eigenvalue weighted by Gasteiger charge is 2.11. The average Bonchev–Trinajstić information content (AvgIpc) is 2.39. The molecule has 0 aliphatic heterocycles. The maximum absolute atomic E-state index is 10.6. The van der Waals surface area contributed by atoms with Crippen molar-refractivity contribution in [2.24, 2.45) is 5.73 Å². The van der Waals surface area contributed by atoms with Crippen LogP contribution in [0.1, 0.15) is 6.92 Å². The van der Waals surface area contributed by atoms with E-state index in [0.29, 0.717) is 0 Å². The monoisotopic (exact) mass is 189 g/mol. The lowest BCUT2D eigenvalue weighted by atomic mass is 10.5. The van der Waals surface area contributed by atoms with Gasteiger partial charge in [-0.15, -0.1) is 10.2 Å². The fourth-order valence-electron chi connectivity index (χ4n) is 0.424. The second-order valence-electron chi connectivity index (χ2n) is 1.87. The van der Waals surface area contributed by atoms with Crippen molar-refractivity contribution in [2.45, 2.75) is 16.5 Å². The fourth-order valence-corrected chi connectivity index (χ4v) is 2.00. The minimum absolute atomic E-state index is 0.233. The van der Waals surface area contributed by atoms with Gasteiger partial charge in [0, 0.05) is 0 Å². The molecule has 2 N–H and O–H groups in total. The van der Waals surface area contributed by atoms with Gasteiger partial charge in [-0.1, -0.05) is 23.1 Å². The third-order valence-corrected chi connectivity index (χ3v) is 2.95. The largest absolute Gasteiger partial charge is 0.369 e. The molecule has 1 aromatic rings. The minimum atomic E-state index is -0.329. The standard InChI is InChI=1S/C5H7N3OS2/c1-3(4(6)9)11-5-8-7-2-10-5/h2-3H,1H3,(H2,6,9). The number of carbonyl (C=O) groups excluding carboxylic acids is 1. The fraction of sp³-hybridized carbons (Fsp3) is 0.400. The lowest BCUT2D eigenvalue weighted by molar-refractivity contribution is -0.117. The molecular weight excluding hydrogens is 182 g/mol. The Kier molecular flexibility index (Phi) is 2.84.